The largest absolute Gasteiger partial charge is 0.493 e. The number of benzene rings is 1. The van der Waals surface area contributed by atoms with E-state index in [0.29, 0.717) is 35.2 Å². The third-order valence-electron chi connectivity index (χ3n) is 5.95. The van der Waals surface area contributed by atoms with E-state index in [9.17, 15) is 4.79 Å². The molecule has 1 aromatic carbocycles. The Bertz CT molecular complexity index is 915. The van der Waals surface area contributed by atoms with Crippen molar-refractivity contribution >= 4 is 0 Å². The van der Waals surface area contributed by atoms with E-state index in [2.05, 4.69) is 14.9 Å². The molecule has 2 bridgehead atoms. The first-order valence-electron chi connectivity index (χ1n) is 9.67. The van der Waals surface area contributed by atoms with E-state index in [1.54, 1.807) is 21.3 Å². The van der Waals surface area contributed by atoms with Crippen LogP contribution in [0.1, 0.15) is 35.5 Å². The molecule has 28 heavy (non-hydrogen) atoms. The number of aromatic amines is 1. The van der Waals surface area contributed by atoms with Crippen molar-refractivity contribution in [1.82, 2.24) is 14.9 Å². The van der Waals surface area contributed by atoms with Crippen LogP contribution < -0.4 is 19.8 Å². The fraction of sp³-hybridized carbons (Fsp3) is 0.524. The first kappa shape index (κ1) is 18.8. The molecule has 4 rings (SSSR count). The number of aromatic nitrogens is 2. The van der Waals surface area contributed by atoms with Gasteiger partial charge < -0.3 is 19.2 Å². The zero-order chi connectivity index (χ0) is 19.8. The number of methoxy groups -OCH3 is 3. The van der Waals surface area contributed by atoms with Crippen LogP contribution in [0.3, 0.4) is 0 Å². The fourth-order valence-corrected chi connectivity index (χ4v) is 4.66. The highest BCUT2D eigenvalue weighted by Crippen LogP contribution is 2.40. The standard InChI is InChI=1S/C21H27N3O4/c1-12-22-17-10-15-6-5-14(9-16(17)21(25)23-12)24(15)11-13-7-18(26-2)20(28-4)19(8-13)27-3/h7-8,14-15H,5-6,9-11H2,1-4H3,(H,22,23,25)/t14-,15+/m1/s1. The molecule has 150 valence electrons. The quantitative estimate of drug-likeness (QED) is 0.851. The molecule has 3 heterocycles. The lowest BCUT2D eigenvalue weighted by molar-refractivity contribution is 0.187. The molecule has 1 N–H and O–H groups in total. The highest BCUT2D eigenvalue weighted by Gasteiger charge is 2.38. The minimum absolute atomic E-state index is 0.0165. The summed E-state index contributed by atoms with van der Waals surface area (Å²) < 4.78 is 16.4. The average molecular weight is 385 g/mol. The number of hydrogen-bond acceptors (Lipinski definition) is 6. The zero-order valence-corrected chi connectivity index (χ0v) is 16.9. The molecule has 0 radical (unpaired) electrons. The third-order valence-corrected chi connectivity index (χ3v) is 5.95. The summed E-state index contributed by atoms with van der Waals surface area (Å²) in [5.41, 5.74) is 2.94. The Morgan fingerprint density at radius 3 is 2.32 bits per heavy atom. The Hall–Kier alpha value is -2.54. The molecule has 7 heteroatoms. The van der Waals surface area contributed by atoms with Crippen LogP contribution in [0.2, 0.25) is 0 Å². The smallest absolute Gasteiger partial charge is 0.254 e. The minimum Gasteiger partial charge on any atom is -0.493 e. The summed E-state index contributed by atoms with van der Waals surface area (Å²) in [7, 11) is 4.88. The zero-order valence-electron chi connectivity index (χ0n) is 16.9. The highest BCUT2D eigenvalue weighted by atomic mass is 16.5. The maximum atomic E-state index is 12.5. The monoisotopic (exact) mass is 385 g/mol. The van der Waals surface area contributed by atoms with Crippen molar-refractivity contribution in [3.8, 4) is 17.2 Å². The van der Waals surface area contributed by atoms with Crippen molar-refractivity contribution in [2.45, 2.75) is 51.2 Å². The fourth-order valence-electron chi connectivity index (χ4n) is 4.66. The minimum atomic E-state index is 0.0165. The van der Waals surface area contributed by atoms with Crippen molar-refractivity contribution in [3.05, 3.63) is 45.1 Å². The maximum Gasteiger partial charge on any atom is 0.254 e. The van der Waals surface area contributed by atoms with Crippen LogP contribution in [0.4, 0.5) is 0 Å². The molecule has 2 aliphatic rings. The number of aryl methyl sites for hydroxylation is 1. The molecular weight excluding hydrogens is 358 g/mol. The summed E-state index contributed by atoms with van der Waals surface area (Å²) >= 11 is 0. The molecule has 1 fully saturated rings. The van der Waals surface area contributed by atoms with Gasteiger partial charge in [-0.05, 0) is 43.9 Å². The van der Waals surface area contributed by atoms with Gasteiger partial charge in [-0.3, -0.25) is 9.69 Å². The summed E-state index contributed by atoms with van der Waals surface area (Å²) in [6, 6.07) is 4.75. The lowest BCUT2D eigenvalue weighted by Gasteiger charge is -2.28. The second kappa shape index (κ2) is 7.47. The number of fused-ring (bicyclic) bond motifs is 3. The van der Waals surface area contributed by atoms with E-state index in [1.807, 2.05) is 19.1 Å². The molecule has 0 saturated carbocycles. The van der Waals surface area contributed by atoms with Crippen LogP contribution in [0, 0.1) is 6.92 Å². The van der Waals surface area contributed by atoms with Gasteiger partial charge in [-0.25, -0.2) is 4.98 Å². The van der Waals surface area contributed by atoms with E-state index < -0.39 is 0 Å². The topological polar surface area (TPSA) is 76.7 Å². The van der Waals surface area contributed by atoms with Crippen LogP contribution in [-0.2, 0) is 19.4 Å². The van der Waals surface area contributed by atoms with Crippen molar-refractivity contribution in [1.29, 1.82) is 0 Å². The summed E-state index contributed by atoms with van der Waals surface area (Å²) in [4.78, 5) is 22.5. The van der Waals surface area contributed by atoms with Gasteiger partial charge in [0.1, 0.15) is 5.82 Å². The molecule has 1 saturated heterocycles. The molecule has 0 aliphatic carbocycles. The van der Waals surface area contributed by atoms with Gasteiger partial charge in [0.05, 0.1) is 27.0 Å². The molecule has 7 nitrogen and oxygen atoms in total. The Labute approximate surface area is 164 Å². The molecule has 0 unspecified atom stereocenters. The van der Waals surface area contributed by atoms with Crippen LogP contribution in [0.25, 0.3) is 0 Å². The number of hydrogen-bond donors (Lipinski definition) is 1. The lowest BCUT2D eigenvalue weighted by Crippen LogP contribution is -2.36. The van der Waals surface area contributed by atoms with Crippen molar-refractivity contribution in [2.75, 3.05) is 21.3 Å². The lowest BCUT2D eigenvalue weighted by atomic mass is 9.98. The molecule has 2 aromatic rings. The van der Waals surface area contributed by atoms with Crippen molar-refractivity contribution in [3.63, 3.8) is 0 Å². The van der Waals surface area contributed by atoms with Crippen molar-refractivity contribution in [2.24, 2.45) is 0 Å². The van der Waals surface area contributed by atoms with Gasteiger partial charge in [-0.15, -0.1) is 0 Å². The molecule has 1 aromatic heterocycles. The van der Waals surface area contributed by atoms with Gasteiger partial charge in [0.2, 0.25) is 5.75 Å². The first-order valence-corrected chi connectivity index (χ1v) is 9.67. The van der Waals surface area contributed by atoms with Crippen molar-refractivity contribution < 1.29 is 14.2 Å². The summed E-state index contributed by atoms with van der Waals surface area (Å²) in [5.74, 6) is 2.62. The van der Waals surface area contributed by atoms with E-state index in [0.717, 1.165) is 49.0 Å². The van der Waals surface area contributed by atoms with Crippen LogP contribution in [0.5, 0.6) is 17.2 Å². The normalized spacial score (nSPS) is 21.1. The average Bonchev–Trinajstić information content (AvgIpc) is 2.95. The predicted octanol–water partition coefficient (Wildman–Crippen LogP) is 2.24. The number of ether oxygens (including phenoxy) is 3. The number of rotatable bonds is 5. The molecule has 0 amide bonds. The van der Waals surface area contributed by atoms with Crippen LogP contribution in [-0.4, -0.2) is 48.3 Å². The maximum absolute atomic E-state index is 12.5. The SMILES string of the molecule is COc1cc(CN2[C@@H]3CC[C@H]2Cc2nc(C)[nH]c(=O)c2C3)cc(OC)c1OC. The third kappa shape index (κ3) is 3.24. The number of H-pyrrole nitrogens is 1. The Balaban J connectivity index is 1.65. The van der Waals surface area contributed by atoms with Gasteiger partial charge in [-0.1, -0.05) is 0 Å². The summed E-state index contributed by atoms with van der Waals surface area (Å²) in [6.07, 6.45) is 3.80. The van der Waals surface area contributed by atoms with Gasteiger partial charge >= 0.3 is 0 Å². The summed E-state index contributed by atoms with van der Waals surface area (Å²) in [6.45, 7) is 2.62. The predicted molar refractivity (Wildman–Crippen MR) is 105 cm³/mol. The van der Waals surface area contributed by atoms with Gasteiger partial charge in [0, 0.05) is 30.6 Å². The number of nitrogens with zero attached hydrogens (tertiary/aromatic N) is 2. The molecular formula is C21H27N3O4. The van der Waals surface area contributed by atoms with E-state index >= 15 is 0 Å². The Morgan fingerprint density at radius 2 is 1.71 bits per heavy atom. The highest BCUT2D eigenvalue weighted by molar-refractivity contribution is 5.53. The van der Waals surface area contributed by atoms with Gasteiger partial charge in [0.15, 0.2) is 11.5 Å². The Kier molecular flexibility index (Phi) is 5.02. The van der Waals surface area contributed by atoms with E-state index in [4.69, 9.17) is 14.2 Å². The first-order chi connectivity index (χ1) is 13.5. The second-order valence-corrected chi connectivity index (χ2v) is 7.58. The molecule has 2 atom stereocenters. The van der Waals surface area contributed by atoms with Gasteiger partial charge in [0.25, 0.3) is 5.56 Å². The summed E-state index contributed by atoms with van der Waals surface area (Å²) in [5, 5.41) is 0. The van der Waals surface area contributed by atoms with Crippen LogP contribution in [0.15, 0.2) is 16.9 Å². The van der Waals surface area contributed by atoms with Crippen LogP contribution >= 0.6 is 0 Å². The number of nitrogens with one attached hydrogen (secondary N) is 1. The van der Waals surface area contributed by atoms with Gasteiger partial charge in [-0.2, -0.15) is 0 Å². The van der Waals surface area contributed by atoms with E-state index in [1.165, 1.54) is 0 Å². The van der Waals surface area contributed by atoms with E-state index in [-0.39, 0.29) is 5.56 Å². The molecule has 0 spiro atoms. The Morgan fingerprint density at radius 1 is 1.07 bits per heavy atom. The molecule has 2 aliphatic heterocycles. The second-order valence-electron chi connectivity index (χ2n) is 7.58.